The van der Waals surface area contributed by atoms with Crippen LogP contribution in [0.5, 0.6) is 5.75 Å². The lowest BCUT2D eigenvalue weighted by atomic mass is 9.90. The minimum Gasteiger partial charge on any atom is -0.497 e. The molecule has 1 N–H and O–H groups in total. The van der Waals surface area contributed by atoms with E-state index < -0.39 is 0 Å². The molecule has 0 aromatic heterocycles. The van der Waals surface area contributed by atoms with Gasteiger partial charge in [-0.2, -0.15) is 0 Å². The van der Waals surface area contributed by atoms with E-state index in [1.165, 1.54) is 18.5 Å². The number of hydrogen-bond acceptors (Lipinski definition) is 3. The highest BCUT2D eigenvalue weighted by Crippen LogP contribution is 2.21. The Balaban J connectivity index is 1.87. The quantitative estimate of drug-likeness (QED) is 0.902. The third-order valence-corrected chi connectivity index (χ3v) is 4.34. The topological polar surface area (TPSA) is 24.5 Å². The van der Waals surface area contributed by atoms with Crippen LogP contribution in [0, 0.1) is 5.92 Å². The summed E-state index contributed by atoms with van der Waals surface area (Å²) in [5.41, 5.74) is 1.32. The van der Waals surface area contributed by atoms with Crippen molar-refractivity contribution in [1.82, 2.24) is 10.2 Å². The van der Waals surface area contributed by atoms with Crippen LogP contribution >= 0.6 is 0 Å². The molecule has 1 fully saturated rings. The van der Waals surface area contributed by atoms with Gasteiger partial charge in [0.05, 0.1) is 7.11 Å². The lowest BCUT2D eigenvalue weighted by molar-refractivity contribution is 0.121. The molecule has 106 valence electrons. The molecule has 1 aromatic carbocycles. The molecule has 1 aliphatic heterocycles. The minimum atomic E-state index is 0.619. The summed E-state index contributed by atoms with van der Waals surface area (Å²) in [6, 6.07) is 9.61. The first-order valence-electron chi connectivity index (χ1n) is 7.16. The van der Waals surface area contributed by atoms with Gasteiger partial charge in [-0.05, 0) is 44.0 Å². The average Bonchev–Trinajstić information content (AvgIpc) is 2.42. The Kier molecular flexibility index (Phi) is 4.83. The SMILES string of the molecule is COc1ccc(CNC2CC(C)N(C)CC2C)cc1. The number of piperidine rings is 1. The van der Waals surface area contributed by atoms with Gasteiger partial charge in [-0.15, -0.1) is 0 Å². The number of likely N-dealkylation sites (tertiary alicyclic amines) is 1. The maximum atomic E-state index is 5.18. The number of hydrogen-bond donors (Lipinski definition) is 1. The number of methoxy groups -OCH3 is 1. The molecule has 0 spiro atoms. The second-order valence-corrected chi connectivity index (χ2v) is 5.84. The maximum Gasteiger partial charge on any atom is 0.118 e. The molecule has 0 saturated carbocycles. The van der Waals surface area contributed by atoms with Gasteiger partial charge >= 0.3 is 0 Å². The average molecular weight is 262 g/mol. The normalized spacial score (nSPS) is 28.3. The Morgan fingerprint density at radius 3 is 2.58 bits per heavy atom. The Morgan fingerprint density at radius 1 is 1.26 bits per heavy atom. The van der Waals surface area contributed by atoms with Crippen molar-refractivity contribution in [3.63, 3.8) is 0 Å². The first kappa shape index (κ1) is 14.4. The van der Waals surface area contributed by atoms with Gasteiger partial charge in [0.25, 0.3) is 0 Å². The zero-order valence-electron chi connectivity index (χ0n) is 12.5. The van der Waals surface area contributed by atoms with E-state index in [1.54, 1.807) is 7.11 Å². The summed E-state index contributed by atoms with van der Waals surface area (Å²) in [7, 11) is 3.93. The third-order valence-electron chi connectivity index (χ3n) is 4.34. The van der Waals surface area contributed by atoms with E-state index in [4.69, 9.17) is 4.74 Å². The van der Waals surface area contributed by atoms with Crippen molar-refractivity contribution >= 4 is 0 Å². The second-order valence-electron chi connectivity index (χ2n) is 5.84. The molecular weight excluding hydrogens is 236 g/mol. The largest absolute Gasteiger partial charge is 0.497 e. The van der Waals surface area contributed by atoms with E-state index in [9.17, 15) is 0 Å². The fourth-order valence-corrected chi connectivity index (χ4v) is 2.82. The van der Waals surface area contributed by atoms with Crippen LogP contribution in [0.3, 0.4) is 0 Å². The predicted octanol–water partition coefficient (Wildman–Crippen LogP) is 2.51. The Morgan fingerprint density at radius 2 is 1.95 bits per heavy atom. The number of nitrogens with one attached hydrogen (secondary N) is 1. The van der Waals surface area contributed by atoms with Gasteiger partial charge in [0, 0.05) is 25.2 Å². The van der Waals surface area contributed by atoms with E-state index >= 15 is 0 Å². The zero-order valence-corrected chi connectivity index (χ0v) is 12.5. The second kappa shape index (κ2) is 6.40. The van der Waals surface area contributed by atoms with Crippen LogP contribution in [0.25, 0.3) is 0 Å². The first-order valence-corrected chi connectivity index (χ1v) is 7.16. The number of nitrogens with zero attached hydrogens (tertiary/aromatic N) is 1. The molecule has 0 radical (unpaired) electrons. The smallest absolute Gasteiger partial charge is 0.118 e. The van der Waals surface area contributed by atoms with E-state index in [1.807, 2.05) is 12.1 Å². The Labute approximate surface area is 116 Å². The number of ether oxygens (including phenoxy) is 1. The van der Waals surface area contributed by atoms with Crippen molar-refractivity contribution in [3.8, 4) is 5.75 Å². The van der Waals surface area contributed by atoms with Crippen molar-refractivity contribution in [2.24, 2.45) is 5.92 Å². The van der Waals surface area contributed by atoms with Crippen molar-refractivity contribution in [1.29, 1.82) is 0 Å². The van der Waals surface area contributed by atoms with Gasteiger partial charge in [-0.1, -0.05) is 19.1 Å². The van der Waals surface area contributed by atoms with E-state index in [-0.39, 0.29) is 0 Å². The fourth-order valence-electron chi connectivity index (χ4n) is 2.82. The van der Waals surface area contributed by atoms with Crippen LogP contribution in [-0.4, -0.2) is 37.7 Å². The molecule has 3 atom stereocenters. The van der Waals surface area contributed by atoms with Crippen molar-refractivity contribution in [2.75, 3.05) is 20.7 Å². The van der Waals surface area contributed by atoms with Gasteiger partial charge in [0.2, 0.25) is 0 Å². The molecule has 2 rings (SSSR count). The zero-order chi connectivity index (χ0) is 13.8. The first-order chi connectivity index (χ1) is 9.10. The van der Waals surface area contributed by atoms with Gasteiger partial charge in [-0.25, -0.2) is 0 Å². The van der Waals surface area contributed by atoms with Crippen molar-refractivity contribution in [3.05, 3.63) is 29.8 Å². The summed E-state index contributed by atoms with van der Waals surface area (Å²) in [5, 5.41) is 3.71. The monoisotopic (exact) mass is 262 g/mol. The summed E-state index contributed by atoms with van der Waals surface area (Å²) in [5.74, 6) is 1.63. The van der Waals surface area contributed by atoms with E-state index in [0.29, 0.717) is 18.0 Å². The molecule has 1 saturated heterocycles. The highest BCUT2D eigenvalue weighted by atomic mass is 16.5. The molecule has 19 heavy (non-hydrogen) atoms. The van der Waals surface area contributed by atoms with Crippen LogP contribution in [0.4, 0.5) is 0 Å². The molecule has 3 nitrogen and oxygen atoms in total. The van der Waals surface area contributed by atoms with Gasteiger partial charge in [-0.3, -0.25) is 0 Å². The third kappa shape index (κ3) is 3.71. The summed E-state index contributed by atoms with van der Waals surface area (Å²) in [6.45, 7) is 6.78. The lowest BCUT2D eigenvalue weighted by Crippen LogP contribution is -2.50. The minimum absolute atomic E-state index is 0.619. The van der Waals surface area contributed by atoms with Crippen LogP contribution < -0.4 is 10.1 Å². The van der Waals surface area contributed by atoms with Crippen molar-refractivity contribution < 1.29 is 4.74 Å². The van der Waals surface area contributed by atoms with Gasteiger partial charge in [0.15, 0.2) is 0 Å². The van der Waals surface area contributed by atoms with Gasteiger partial charge < -0.3 is 15.0 Å². The molecule has 3 heteroatoms. The number of benzene rings is 1. The van der Waals surface area contributed by atoms with E-state index in [0.717, 1.165) is 12.3 Å². The number of rotatable bonds is 4. The predicted molar refractivity (Wildman–Crippen MR) is 79.5 cm³/mol. The summed E-state index contributed by atoms with van der Waals surface area (Å²) in [6.07, 6.45) is 1.23. The van der Waals surface area contributed by atoms with E-state index in [2.05, 4.69) is 43.2 Å². The van der Waals surface area contributed by atoms with Crippen molar-refractivity contribution in [2.45, 2.75) is 38.9 Å². The Bertz CT molecular complexity index is 390. The van der Waals surface area contributed by atoms with Gasteiger partial charge in [0.1, 0.15) is 5.75 Å². The lowest BCUT2D eigenvalue weighted by Gasteiger charge is -2.40. The maximum absolute atomic E-state index is 5.18. The van der Waals surface area contributed by atoms with Crippen LogP contribution in [0.2, 0.25) is 0 Å². The standard InChI is InChI=1S/C16H26N2O/c1-12-11-18(3)13(2)9-16(12)17-10-14-5-7-15(19-4)8-6-14/h5-8,12-13,16-17H,9-11H2,1-4H3. The molecule has 1 aliphatic rings. The molecule has 1 aromatic rings. The highest BCUT2D eigenvalue weighted by Gasteiger charge is 2.28. The molecule has 1 heterocycles. The van der Waals surface area contributed by atoms with Crippen LogP contribution in [0.1, 0.15) is 25.8 Å². The Hall–Kier alpha value is -1.06. The molecule has 3 unspecified atom stereocenters. The molecule has 0 aliphatic carbocycles. The fraction of sp³-hybridized carbons (Fsp3) is 0.625. The van der Waals surface area contributed by atoms with Crippen LogP contribution in [-0.2, 0) is 6.54 Å². The summed E-state index contributed by atoms with van der Waals surface area (Å²) in [4.78, 5) is 2.45. The highest BCUT2D eigenvalue weighted by molar-refractivity contribution is 5.27. The summed E-state index contributed by atoms with van der Waals surface area (Å²) >= 11 is 0. The van der Waals surface area contributed by atoms with Crippen LogP contribution in [0.15, 0.2) is 24.3 Å². The summed E-state index contributed by atoms with van der Waals surface area (Å²) < 4.78 is 5.18. The molecule has 0 amide bonds. The molecular formula is C16H26N2O. The molecule has 0 bridgehead atoms.